The first-order valence-electron chi connectivity index (χ1n) is 11.6. The number of amides is 1. The number of thioether (sulfide) groups is 1. The van der Waals surface area contributed by atoms with Gasteiger partial charge in [0, 0.05) is 18.2 Å². The monoisotopic (exact) mass is 499 g/mol. The third kappa shape index (κ3) is 5.87. The number of nitrogens with zero attached hydrogens (tertiary/aromatic N) is 4. The van der Waals surface area contributed by atoms with Gasteiger partial charge in [-0.2, -0.15) is 0 Å². The fourth-order valence-electron chi connectivity index (χ4n) is 4.36. The molecule has 0 aliphatic heterocycles. The number of hydrogen-bond acceptors (Lipinski definition) is 7. The molecule has 1 amide bonds. The van der Waals surface area contributed by atoms with Crippen molar-refractivity contribution in [2.45, 2.75) is 49.8 Å². The number of benzene rings is 2. The Bertz CT molecular complexity index is 1150. The predicted octanol–water partition coefficient (Wildman–Crippen LogP) is 4.27. The van der Waals surface area contributed by atoms with Crippen molar-refractivity contribution < 1.29 is 18.7 Å². The minimum Gasteiger partial charge on any atom is -0.493 e. The summed E-state index contributed by atoms with van der Waals surface area (Å²) >= 11 is 1.25. The standard InChI is InChI=1S/C25H30FN5O3S/c1-33-21-13-10-18(14-22(21)34-2)24-28-29-25(31(24)27)35-16-23(32)30(20-6-4-3-5-7-20)15-17-8-11-19(26)12-9-17/h8-14,20H,3-7,15-16,27H2,1-2H3. The SMILES string of the molecule is COc1ccc(-c2nnc(SCC(=O)N(Cc3ccc(F)cc3)C3CCCCC3)n2N)cc1OC. The summed E-state index contributed by atoms with van der Waals surface area (Å²) in [5, 5.41) is 8.85. The molecule has 1 aromatic heterocycles. The molecule has 0 unspecified atom stereocenters. The number of nitrogens with two attached hydrogens (primary N) is 1. The number of ether oxygens (including phenoxy) is 2. The average Bonchev–Trinajstić information content (AvgIpc) is 3.27. The summed E-state index contributed by atoms with van der Waals surface area (Å²) < 4.78 is 25.4. The second-order valence-corrected chi connectivity index (χ2v) is 9.42. The number of nitrogen functional groups attached to an aromatic ring is 1. The van der Waals surface area contributed by atoms with E-state index < -0.39 is 0 Å². The van der Waals surface area contributed by atoms with Crippen molar-refractivity contribution in [1.82, 2.24) is 19.8 Å². The van der Waals surface area contributed by atoms with Crippen LogP contribution in [0.4, 0.5) is 4.39 Å². The lowest BCUT2D eigenvalue weighted by Gasteiger charge is -2.34. The Kier molecular flexibility index (Phi) is 8.12. The molecule has 8 nitrogen and oxygen atoms in total. The molecule has 10 heteroatoms. The Morgan fingerprint density at radius 3 is 2.49 bits per heavy atom. The molecule has 2 aromatic carbocycles. The Hall–Kier alpha value is -3.27. The molecule has 1 fully saturated rings. The fraction of sp³-hybridized carbons (Fsp3) is 0.400. The van der Waals surface area contributed by atoms with Crippen molar-refractivity contribution in [3.8, 4) is 22.9 Å². The molecule has 35 heavy (non-hydrogen) atoms. The second kappa shape index (κ2) is 11.4. The minimum atomic E-state index is -0.285. The van der Waals surface area contributed by atoms with Crippen molar-refractivity contribution >= 4 is 17.7 Å². The van der Waals surface area contributed by atoms with Crippen LogP contribution in [-0.4, -0.2) is 51.7 Å². The van der Waals surface area contributed by atoms with E-state index in [9.17, 15) is 9.18 Å². The molecule has 186 valence electrons. The van der Waals surface area contributed by atoms with E-state index in [2.05, 4.69) is 10.2 Å². The van der Waals surface area contributed by atoms with Crippen LogP contribution in [0.25, 0.3) is 11.4 Å². The van der Waals surface area contributed by atoms with Crippen molar-refractivity contribution in [3.63, 3.8) is 0 Å². The van der Waals surface area contributed by atoms with E-state index in [1.165, 1.54) is 35.0 Å². The third-order valence-corrected chi connectivity index (χ3v) is 7.16. The normalized spacial score (nSPS) is 14.0. The zero-order valence-electron chi connectivity index (χ0n) is 19.9. The Balaban J connectivity index is 1.47. The molecule has 1 heterocycles. The van der Waals surface area contributed by atoms with Gasteiger partial charge in [-0.1, -0.05) is 43.2 Å². The molecule has 0 atom stereocenters. The van der Waals surface area contributed by atoms with Gasteiger partial charge in [-0.3, -0.25) is 4.79 Å². The van der Waals surface area contributed by atoms with Gasteiger partial charge in [0.15, 0.2) is 17.3 Å². The molecule has 4 rings (SSSR count). The number of hydrogen-bond donors (Lipinski definition) is 1. The predicted molar refractivity (Wildman–Crippen MR) is 133 cm³/mol. The van der Waals surface area contributed by atoms with E-state index >= 15 is 0 Å². The third-order valence-electron chi connectivity index (χ3n) is 6.23. The Morgan fingerprint density at radius 1 is 1.09 bits per heavy atom. The summed E-state index contributed by atoms with van der Waals surface area (Å²) in [7, 11) is 3.13. The number of methoxy groups -OCH3 is 2. The van der Waals surface area contributed by atoms with Crippen molar-refractivity contribution in [3.05, 3.63) is 53.8 Å². The van der Waals surface area contributed by atoms with E-state index in [1.54, 1.807) is 38.5 Å². The molecule has 1 saturated carbocycles. The summed E-state index contributed by atoms with van der Waals surface area (Å²) in [4.78, 5) is 15.3. The minimum absolute atomic E-state index is 0.00175. The number of halogens is 1. The molecule has 1 aliphatic rings. The van der Waals surface area contributed by atoms with E-state index in [1.807, 2.05) is 11.0 Å². The topological polar surface area (TPSA) is 95.5 Å². The lowest BCUT2D eigenvalue weighted by molar-refractivity contribution is -0.132. The summed E-state index contributed by atoms with van der Waals surface area (Å²) in [5.41, 5.74) is 1.63. The van der Waals surface area contributed by atoms with Crippen LogP contribution in [0.2, 0.25) is 0 Å². The highest BCUT2D eigenvalue weighted by Gasteiger charge is 2.26. The second-order valence-electron chi connectivity index (χ2n) is 8.47. The van der Waals surface area contributed by atoms with Crippen molar-refractivity contribution in [2.24, 2.45) is 0 Å². The summed E-state index contributed by atoms with van der Waals surface area (Å²) in [5.74, 6) is 7.79. The molecule has 1 aliphatic carbocycles. The lowest BCUT2D eigenvalue weighted by Crippen LogP contribution is -2.42. The van der Waals surface area contributed by atoms with E-state index in [-0.39, 0.29) is 23.5 Å². The van der Waals surface area contributed by atoms with Crippen LogP contribution in [0.15, 0.2) is 47.6 Å². The van der Waals surface area contributed by atoms with Crippen molar-refractivity contribution in [2.75, 3.05) is 25.8 Å². The number of carbonyl (C=O) groups excluding carboxylic acids is 1. The quantitative estimate of drug-likeness (QED) is 0.347. The molecular weight excluding hydrogens is 469 g/mol. The van der Waals surface area contributed by atoms with E-state index in [0.29, 0.717) is 29.0 Å². The maximum atomic E-state index is 13.4. The molecule has 3 aromatic rings. The number of rotatable bonds is 9. The Labute approximate surface area is 208 Å². The van der Waals surface area contributed by atoms with Crippen LogP contribution in [0.3, 0.4) is 0 Å². The van der Waals surface area contributed by atoms with Gasteiger partial charge in [-0.15, -0.1) is 10.2 Å². The maximum absolute atomic E-state index is 13.4. The highest BCUT2D eigenvalue weighted by Crippen LogP contribution is 2.32. The molecule has 0 saturated heterocycles. The highest BCUT2D eigenvalue weighted by molar-refractivity contribution is 7.99. The zero-order valence-corrected chi connectivity index (χ0v) is 20.8. The molecule has 0 spiro atoms. The van der Waals surface area contributed by atoms with Crippen LogP contribution >= 0.6 is 11.8 Å². The number of carbonyl (C=O) groups is 1. The van der Waals surface area contributed by atoms with Crippen LogP contribution in [0, 0.1) is 5.82 Å². The zero-order chi connectivity index (χ0) is 24.8. The first kappa shape index (κ1) is 24.8. The van der Waals surface area contributed by atoms with E-state index in [0.717, 1.165) is 36.8 Å². The van der Waals surface area contributed by atoms with Gasteiger partial charge in [-0.25, -0.2) is 9.07 Å². The van der Waals surface area contributed by atoms with Gasteiger partial charge in [0.05, 0.1) is 20.0 Å². The van der Waals surface area contributed by atoms with Gasteiger partial charge in [0.1, 0.15) is 5.82 Å². The van der Waals surface area contributed by atoms with Gasteiger partial charge in [-0.05, 0) is 48.7 Å². The molecule has 2 N–H and O–H groups in total. The first-order valence-corrected chi connectivity index (χ1v) is 12.6. The molecule has 0 radical (unpaired) electrons. The summed E-state index contributed by atoms with van der Waals surface area (Å²) in [6, 6.07) is 11.9. The number of aromatic nitrogens is 3. The van der Waals surface area contributed by atoms with Crippen molar-refractivity contribution in [1.29, 1.82) is 0 Å². The van der Waals surface area contributed by atoms with Crippen LogP contribution < -0.4 is 15.3 Å². The van der Waals surface area contributed by atoms with Gasteiger partial charge < -0.3 is 20.2 Å². The average molecular weight is 500 g/mol. The van der Waals surface area contributed by atoms with Gasteiger partial charge in [0.2, 0.25) is 11.1 Å². The van der Waals surface area contributed by atoms with Crippen LogP contribution in [0.5, 0.6) is 11.5 Å². The van der Waals surface area contributed by atoms with Crippen LogP contribution in [0.1, 0.15) is 37.7 Å². The maximum Gasteiger partial charge on any atom is 0.233 e. The fourth-order valence-corrected chi connectivity index (χ4v) is 5.10. The first-order chi connectivity index (χ1) is 17.0. The van der Waals surface area contributed by atoms with Gasteiger partial charge in [0.25, 0.3) is 0 Å². The largest absolute Gasteiger partial charge is 0.493 e. The summed E-state index contributed by atoms with van der Waals surface area (Å²) in [6.07, 6.45) is 5.37. The Morgan fingerprint density at radius 2 is 1.80 bits per heavy atom. The highest BCUT2D eigenvalue weighted by atomic mass is 32.2. The lowest BCUT2D eigenvalue weighted by atomic mass is 9.94. The molecule has 0 bridgehead atoms. The molecular formula is C25H30FN5O3S. The summed E-state index contributed by atoms with van der Waals surface area (Å²) in [6.45, 7) is 0.455. The van der Waals surface area contributed by atoms with E-state index in [4.69, 9.17) is 15.3 Å². The van der Waals surface area contributed by atoms with Crippen LogP contribution in [-0.2, 0) is 11.3 Å². The van der Waals surface area contributed by atoms with Gasteiger partial charge >= 0.3 is 0 Å². The smallest absolute Gasteiger partial charge is 0.233 e.